The Hall–Kier alpha value is -6.73. The number of amides is 4. The van der Waals surface area contributed by atoms with Gasteiger partial charge >= 0.3 is 24.1 Å². The number of carbonyl (C=O) groups excluding carboxylic acids is 4. The molecule has 3 heterocycles. The number of ether oxygens (including phenoxy) is 4. The van der Waals surface area contributed by atoms with E-state index >= 15 is 4.79 Å². The van der Waals surface area contributed by atoms with Crippen LogP contribution < -0.4 is 20.7 Å². The molecule has 1 spiro atoms. The number of nitrogens with one attached hydrogen (secondary N) is 1. The van der Waals surface area contributed by atoms with E-state index in [1.54, 1.807) is 47.4 Å². The first-order valence-corrected chi connectivity index (χ1v) is 18.4. The second-order valence-electron chi connectivity index (χ2n) is 13.7. The molecule has 3 aliphatic heterocycles. The minimum Gasteiger partial charge on any atom is -0.491 e. The molecule has 4 aromatic rings. The second-order valence-corrected chi connectivity index (χ2v) is 13.7. The summed E-state index contributed by atoms with van der Waals surface area (Å²) < 4.78 is 22.5. The molecule has 4 amide bonds. The maximum absolute atomic E-state index is 15.7. The van der Waals surface area contributed by atoms with Gasteiger partial charge in [0.25, 0.3) is 0 Å². The van der Waals surface area contributed by atoms with Crippen LogP contribution in [0.2, 0.25) is 0 Å². The number of hydrogen-bond acceptors (Lipinski definition) is 11. The van der Waals surface area contributed by atoms with Crippen molar-refractivity contribution in [2.45, 2.75) is 29.6 Å². The molecule has 0 aliphatic carbocycles. The van der Waals surface area contributed by atoms with Gasteiger partial charge in [0.05, 0.1) is 37.5 Å². The molecule has 7 rings (SSSR count). The number of carboxylic acid groups (broad SMARTS) is 1. The largest absolute Gasteiger partial charge is 0.491 e. The molecular weight excluding hydrogens is 748 g/mol. The van der Waals surface area contributed by atoms with Gasteiger partial charge < -0.3 is 40.2 Å². The standard InChI is InChI=1S/C43H40N4O11/c1-55-23-24-57-42(54)46-32-19-14-26(9-8-20-45-41(44)53)25-31(32)43(40(46)52)33(38(49)50)35-39(51)58-36(28-12-6-3-7-13-28)34(27-10-4-2-5-11-27)47(35)37(43)29-15-17-30(18-16-29)56-22-21-48/h2-7,10-19,25,33-37,48H,20-24H2,1H3,(H,49,50)(H3,44,45,53). The van der Waals surface area contributed by atoms with Gasteiger partial charge in [0.1, 0.15) is 42.4 Å². The van der Waals surface area contributed by atoms with E-state index in [1.807, 2.05) is 48.5 Å². The van der Waals surface area contributed by atoms with Crippen molar-refractivity contribution in [2.75, 3.05) is 45.0 Å². The van der Waals surface area contributed by atoms with Crippen LogP contribution in [0.25, 0.3) is 0 Å². The normalized spacial score (nSPS) is 23.3. The Bertz CT molecular complexity index is 2260. The number of morpholine rings is 1. The predicted octanol–water partition coefficient (Wildman–Crippen LogP) is 3.61. The minimum absolute atomic E-state index is 0.00740. The van der Waals surface area contributed by atoms with E-state index in [4.69, 9.17) is 24.7 Å². The van der Waals surface area contributed by atoms with Crippen LogP contribution in [0.15, 0.2) is 103 Å². The average molecular weight is 789 g/mol. The van der Waals surface area contributed by atoms with E-state index in [1.165, 1.54) is 19.2 Å². The number of anilines is 1. The van der Waals surface area contributed by atoms with E-state index in [2.05, 4.69) is 17.2 Å². The number of cyclic esters (lactones) is 1. The number of primary amides is 1. The summed E-state index contributed by atoms with van der Waals surface area (Å²) in [5.74, 6) is 0.978. The van der Waals surface area contributed by atoms with Crippen LogP contribution in [0.4, 0.5) is 15.3 Å². The molecule has 0 bridgehead atoms. The lowest BCUT2D eigenvalue weighted by molar-refractivity contribution is -0.179. The van der Waals surface area contributed by atoms with Crippen molar-refractivity contribution in [1.29, 1.82) is 0 Å². The Labute approximate surface area is 333 Å². The third-order valence-electron chi connectivity index (χ3n) is 10.6. The summed E-state index contributed by atoms with van der Waals surface area (Å²) in [5, 5.41) is 23.2. The number of methoxy groups -OCH3 is 1. The molecule has 0 saturated carbocycles. The molecule has 0 aromatic heterocycles. The zero-order valence-electron chi connectivity index (χ0n) is 31.3. The van der Waals surface area contributed by atoms with Gasteiger partial charge in [0.15, 0.2) is 0 Å². The van der Waals surface area contributed by atoms with Crippen molar-refractivity contribution in [2.24, 2.45) is 11.7 Å². The number of nitrogens with zero attached hydrogens (tertiary/aromatic N) is 2. The summed E-state index contributed by atoms with van der Waals surface area (Å²) in [7, 11) is 1.42. The van der Waals surface area contributed by atoms with Crippen LogP contribution >= 0.6 is 0 Å². The van der Waals surface area contributed by atoms with Gasteiger partial charge in [0.2, 0.25) is 5.91 Å². The lowest BCUT2D eigenvalue weighted by Gasteiger charge is -2.46. The van der Waals surface area contributed by atoms with Crippen molar-refractivity contribution in [3.05, 3.63) is 131 Å². The summed E-state index contributed by atoms with van der Waals surface area (Å²) in [6.07, 6.45) is -2.04. The molecular formula is C43H40N4O11. The molecule has 2 fully saturated rings. The van der Waals surface area contributed by atoms with E-state index in [0.29, 0.717) is 28.0 Å². The second kappa shape index (κ2) is 16.8. The van der Waals surface area contributed by atoms with E-state index in [0.717, 1.165) is 4.90 Å². The SMILES string of the molecule is COCCOC(=O)N1C(=O)C2(c3cc(C#CCNC(N)=O)ccc31)C(C(=O)O)C1C(=O)OC(c3ccccc3)C(c3ccccc3)N1C2c1ccc(OCCO)cc1. The van der Waals surface area contributed by atoms with E-state index in [-0.39, 0.29) is 44.2 Å². The van der Waals surface area contributed by atoms with Gasteiger partial charge in [0, 0.05) is 12.7 Å². The number of benzene rings is 4. The van der Waals surface area contributed by atoms with E-state index in [9.17, 15) is 29.4 Å². The fraction of sp³-hybridized carbons (Fsp3) is 0.279. The van der Waals surface area contributed by atoms with Gasteiger partial charge in [-0.2, -0.15) is 0 Å². The third-order valence-corrected chi connectivity index (χ3v) is 10.6. The highest BCUT2D eigenvalue weighted by molar-refractivity contribution is 6.23. The molecule has 2 saturated heterocycles. The molecule has 6 unspecified atom stereocenters. The lowest BCUT2D eigenvalue weighted by Crippen LogP contribution is -2.53. The first-order chi connectivity index (χ1) is 28.1. The zero-order valence-corrected chi connectivity index (χ0v) is 31.3. The number of imide groups is 1. The van der Waals surface area contributed by atoms with Crippen LogP contribution in [0.1, 0.15) is 46.0 Å². The van der Waals surface area contributed by atoms with Crippen molar-refractivity contribution in [1.82, 2.24) is 10.2 Å². The smallest absolute Gasteiger partial charge is 0.421 e. The molecule has 6 atom stereocenters. The van der Waals surface area contributed by atoms with Gasteiger partial charge in [-0.25, -0.2) is 14.5 Å². The number of rotatable bonds is 11. The van der Waals surface area contributed by atoms with Crippen LogP contribution in [0, 0.1) is 17.8 Å². The van der Waals surface area contributed by atoms with Crippen molar-refractivity contribution >= 4 is 35.7 Å². The highest BCUT2D eigenvalue weighted by Gasteiger charge is 2.76. The summed E-state index contributed by atoms with van der Waals surface area (Å²) in [6.45, 7) is -0.536. The number of fused-ring (bicyclic) bond motifs is 3. The molecule has 3 aliphatic rings. The van der Waals surface area contributed by atoms with Gasteiger partial charge in [-0.05, 0) is 52.6 Å². The summed E-state index contributed by atoms with van der Waals surface area (Å²) in [6, 6.07) is 24.9. The Kier molecular flexibility index (Phi) is 11.4. The number of urea groups is 1. The number of hydrogen-bond donors (Lipinski definition) is 4. The van der Waals surface area contributed by atoms with Crippen LogP contribution in [0.5, 0.6) is 5.75 Å². The lowest BCUT2D eigenvalue weighted by atomic mass is 9.65. The van der Waals surface area contributed by atoms with E-state index < -0.39 is 65.5 Å². The Morgan fingerprint density at radius 1 is 0.879 bits per heavy atom. The number of nitrogens with two attached hydrogens (primary N) is 1. The van der Waals surface area contributed by atoms with Crippen molar-refractivity contribution in [3.63, 3.8) is 0 Å². The number of carbonyl (C=O) groups is 5. The Balaban J connectivity index is 1.53. The molecule has 4 aromatic carbocycles. The van der Waals surface area contributed by atoms with Gasteiger partial charge in [-0.15, -0.1) is 0 Å². The predicted molar refractivity (Wildman–Crippen MR) is 206 cm³/mol. The zero-order chi connectivity index (χ0) is 41.0. The number of aliphatic hydroxyl groups is 1. The molecule has 0 radical (unpaired) electrons. The highest BCUT2D eigenvalue weighted by atomic mass is 16.6. The van der Waals surface area contributed by atoms with Crippen molar-refractivity contribution < 1.29 is 53.1 Å². The average Bonchev–Trinajstić information content (AvgIpc) is 3.69. The number of aliphatic hydroxyl groups excluding tert-OH is 1. The summed E-state index contributed by atoms with van der Waals surface area (Å²) in [4.78, 5) is 72.3. The highest BCUT2D eigenvalue weighted by Crippen LogP contribution is 2.66. The van der Waals surface area contributed by atoms with Crippen LogP contribution in [0.3, 0.4) is 0 Å². The molecule has 15 heteroatoms. The number of aliphatic carboxylic acids is 1. The van der Waals surface area contributed by atoms with Gasteiger partial charge in [-0.3, -0.25) is 19.3 Å². The topological polar surface area (TPSA) is 207 Å². The fourth-order valence-electron chi connectivity index (χ4n) is 8.41. The third kappa shape index (κ3) is 6.98. The Morgan fingerprint density at radius 3 is 2.21 bits per heavy atom. The van der Waals surface area contributed by atoms with Crippen LogP contribution in [-0.4, -0.2) is 91.2 Å². The first-order valence-electron chi connectivity index (χ1n) is 18.4. The van der Waals surface area contributed by atoms with Crippen LogP contribution in [-0.2, 0) is 34.0 Å². The monoisotopic (exact) mass is 788 g/mol. The molecule has 15 nitrogen and oxygen atoms in total. The maximum Gasteiger partial charge on any atom is 0.421 e. The molecule has 298 valence electrons. The number of esters is 1. The fourth-order valence-corrected chi connectivity index (χ4v) is 8.41. The summed E-state index contributed by atoms with van der Waals surface area (Å²) >= 11 is 0. The van der Waals surface area contributed by atoms with Crippen molar-refractivity contribution in [3.8, 4) is 17.6 Å². The number of carboxylic acids is 1. The molecule has 58 heavy (non-hydrogen) atoms. The quantitative estimate of drug-likeness (QED) is 0.0977. The van der Waals surface area contributed by atoms with Gasteiger partial charge in [-0.1, -0.05) is 84.6 Å². The first kappa shape index (κ1) is 39.5. The Morgan fingerprint density at radius 2 is 1.57 bits per heavy atom. The maximum atomic E-state index is 15.7. The summed E-state index contributed by atoms with van der Waals surface area (Å²) in [5.41, 5.74) is 5.21. The minimum atomic E-state index is -2.19. The molecule has 5 N–H and O–H groups in total.